The summed E-state index contributed by atoms with van der Waals surface area (Å²) < 4.78 is 13.4. The fraction of sp³-hybridized carbons (Fsp3) is 0.150. The second-order valence-electron chi connectivity index (χ2n) is 5.73. The molecule has 2 aromatic rings. The third-order valence-corrected chi connectivity index (χ3v) is 3.92. The molecule has 0 aliphatic carbocycles. The summed E-state index contributed by atoms with van der Waals surface area (Å²) in [6.07, 6.45) is 3.10. The van der Waals surface area contributed by atoms with Crippen molar-refractivity contribution in [2.24, 2.45) is 0 Å². The van der Waals surface area contributed by atoms with Crippen molar-refractivity contribution in [1.82, 2.24) is 5.32 Å². The number of nitrogens with one attached hydrogen (secondary N) is 3. The van der Waals surface area contributed by atoms with Crippen LogP contribution in [0, 0.1) is 11.2 Å². The Labute approximate surface area is 152 Å². The molecule has 0 aromatic heterocycles. The minimum Gasteiger partial charge on any atom is -0.397 e. The van der Waals surface area contributed by atoms with Crippen LogP contribution >= 0.6 is 0 Å². The average molecular weight is 354 g/mol. The lowest BCUT2D eigenvalue weighted by molar-refractivity contribution is 0.252. The Bertz CT molecular complexity index is 832. The number of nitrogens with two attached hydrogens (primary N) is 1. The lowest BCUT2D eigenvalue weighted by Crippen LogP contribution is -2.27. The van der Waals surface area contributed by atoms with Crippen molar-refractivity contribution >= 4 is 23.2 Å². The van der Waals surface area contributed by atoms with Crippen LogP contribution in [-0.2, 0) is 0 Å². The van der Waals surface area contributed by atoms with Gasteiger partial charge in [0.25, 0.3) is 0 Å². The van der Waals surface area contributed by atoms with E-state index in [2.05, 4.69) is 17.2 Å². The molecule has 1 unspecified atom stereocenters. The molecule has 0 spiro atoms. The lowest BCUT2D eigenvalue weighted by atomic mass is 10.1. The van der Waals surface area contributed by atoms with Crippen LogP contribution in [0.2, 0.25) is 0 Å². The molecule has 26 heavy (non-hydrogen) atoms. The molecule has 0 aliphatic rings. The van der Waals surface area contributed by atoms with E-state index >= 15 is 0 Å². The molecule has 5 nitrogen and oxygen atoms in total. The van der Waals surface area contributed by atoms with Crippen LogP contribution < -0.4 is 16.4 Å². The van der Waals surface area contributed by atoms with Crippen molar-refractivity contribution in [2.75, 3.05) is 17.7 Å². The van der Waals surface area contributed by atoms with Crippen LogP contribution in [0.15, 0.2) is 60.9 Å². The highest BCUT2D eigenvalue weighted by atomic mass is 19.1. The van der Waals surface area contributed by atoms with Gasteiger partial charge in [0, 0.05) is 6.21 Å². The van der Waals surface area contributed by atoms with E-state index in [0.29, 0.717) is 22.8 Å². The molecule has 2 rings (SSSR count). The van der Waals surface area contributed by atoms with Crippen molar-refractivity contribution < 1.29 is 9.50 Å². The van der Waals surface area contributed by atoms with Crippen LogP contribution in [0.4, 0.5) is 15.8 Å². The van der Waals surface area contributed by atoms with Gasteiger partial charge in [0.1, 0.15) is 5.82 Å². The number of rotatable bonds is 8. The molecular weight excluding hydrogens is 331 g/mol. The zero-order valence-electron chi connectivity index (χ0n) is 14.6. The molecule has 136 valence electrons. The van der Waals surface area contributed by atoms with Gasteiger partial charge in [-0.1, -0.05) is 30.9 Å². The van der Waals surface area contributed by atoms with Crippen molar-refractivity contribution in [3.63, 3.8) is 0 Å². The number of anilines is 2. The molecule has 1 atom stereocenters. The van der Waals surface area contributed by atoms with Gasteiger partial charge in [-0.3, -0.25) is 0 Å². The third-order valence-electron chi connectivity index (χ3n) is 3.92. The van der Waals surface area contributed by atoms with Gasteiger partial charge < -0.3 is 26.9 Å². The molecule has 6 N–H and O–H groups in total. The van der Waals surface area contributed by atoms with Crippen LogP contribution in [0.1, 0.15) is 24.1 Å². The molecule has 0 heterocycles. The Balaban J connectivity index is 2.10. The topological polar surface area (TPSA) is 94.2 Å². The molecule has 0 saturated heterocycles. The second kappa shape index (κ2) is 8.82. The summed E-state index contributed by atoms with van der Waals surface area (Å²) in [6.45, 7) is 5.52. The second-order valence-corrected chi connectivity index (χ2v) is 5.73. The monoisotopic (exact) mass is 354 g/mol. The molecule has 2 aromatic carbocycles. The smallest absolute Gasteiger partial charge is 0.123 e. The van der Waals surface area contributed by atoms with E-state index in [0.717, 1.165) is 11.1 Å². The Morgan fingerprint density at radius 3 is 2.69 bits per heavy atom. The van der Waals surface area contributed by atoms with Crippen molar-refractivity contribution in [3.8, 4) is 0 Å². The van der Waals surface area contributed by atoms with Gasteiger partial charge in [-0.2, -0.15) is 0 Å². The SMILES string of the molecule is C=C(Nc1ccc(/C(C=N)=C/C)cc1N)NC(CO)c1cccc(F)c1. The van der Waals surface area contributed by atoms with Gasteiger partial charge in [0.2, 0.25) is 0 Å². The van der Waals surface area contributed by atoms with Crippen molar-refractivity contribution in [3.05, 3.63) is 77.9 Å². The molecule has 0 amide bonds. The molecule has 0 bridgehead atoms. The minimum absolute atomic E-state index is 0.220. The predicted octanol–water partition coefficient (Wildman–Crippen LogP) is 3.67. The number of aliphatic hydroxyl groups excluding tert-OH is 1. The maximum atomic E-state index is 13.4. The van der Waals surface area contributed by atoms with Crippen LogP contribution in [-0.4, -0.2) is 17.9 Å². The first-order valence-corrected chi connectivity index (χ1v) is 8.14. The van der Waals surface area contributed by atoms with Crippen molar-refractivity contribution in [1.29, 1.82) is 5.41 Å². The summed E-state index contributed by atoms with van der Waals surface area (Å²) in [6, 6.07) is 10.9. The first kappa shape index (κ1) is 19.2. The van der Waals surface area contributed by atoms with Crippen LogP contribution in [0.3, 0.4) is 0 Å². The number of benzene rings is 2. The van der Waals surface area contributed by atoms with E-state index in [1.165, 1.54) is 18.3 Å². The van der Waals surface area contributed by atoms with Gasteiger partial charge in [0.15, 0.2) is 0 Å². The molecule has 0 aliphatic heterocycles. The fourth-order valence-corrected chi connectivity index (χ4v) is 2.56. The molecule has 6 heteroatoms. The Hall–Kier alpha value is -3.12. The summed E-state index contributed by atoms with van der Waals surface area (Å²) >= 11 is 0. The molecular formula is C20H23FN4O. The Morgan fingerprint density at radius 2 is 2.12 bits per heavy atom. The van der Waals surface area contributed by atoms with E-state index in [1.54, 1.807) is 24.3 Å². The number of hydrogen-bond donors (Lipinski definition) is 5. The van der Waals surface area contributed by atoms with Gasteiger partial charge >= 0.3 is 0 Å². The molecule has 0 radical (unpaired) electrons. The summed E-state index contributed by atoms with van der Waals surface area (Å²) in [5.41, 5.74) is 9.45. The quantitative estimate of drug-likeness (QED) is 0.369. The normalized spacial score (nSPS) is 12.3. The van der Waals surface area contributed by atoms with E-state index in [1.807, 2.05) is 19.1 Å². The Kier molecular flexibility index (Phi) is 6.52. The Morgan fingerprint density at radius 1 is 1.35 bits per heavy atom. The number of halogens is 1. The summed E-state index contributed by atoms with van der Waals surface area (Å²) in [4.78, 5) is 0. The third kappa shape index (κ3) is 4.70. The summed E-state index contributed by atoms with van der Waals surface area (Å²) in [5, 5.41) is 23.1. The van der Waals surface area contributed by atoms with Gasteiger partial charge in [-0.05, 0) is 47.9 Å². The first-order chi connectivity index (χ1) is 12.5. The number of nitrogen functional groups attached to an aromatic ring is 1. The van der Waals surface area contributed by atoms with Crippen LogP contribution in [0.5, 0.6) is 0 Å². The summed E-state index contributed by atoms with van der Waals surface area (Å²) in [5.74, 6) is 0.0539. The largest absolute Gasteiger partial charge is 0.397 e. The fourth-order valence-electron chi connectivity index (χ4n) is 2.56. The van der Waals surface area contributed by atoms with E-state index in [4.69, 9.17) is 11.1 Å². The molecule has 0 saturated carbocycles. The highest BCUT2D eigenvalue weighted by Crippen LogP contribution is 2.25. The summed E-state index contributed by atoms with van der Waals surface area (Å²) in [7, 11) is 0. The maximum Gasteiger partial charge on any atom is 0.123 e. The maximum absolute atomic E-state index is 13.4. The zero-order chi connectivity index (χ0) is 19.1. The van der Waals surface area contributed by atoms with E-state index in [-0.39, 0.29) is 12.4 Å². The minimum atomic E-state index is -0.501. The van der Waals surface area contributed by atoms with E-state index < -0.39 is 6.04 Å². The predicted molar refractivity (Wildman–Crippen MR) is 105 cm³/mol. The molecule has 0 fully saturated rings. The highest BCUT2D eigenvalue weighted by Gasteiger charge is 2.12. The van der Waals surface area contributed by atoms with Gasteiger partial charge in [-0.25, -0.2) is 4.39 Å². The standard InChI is InChI=1S/C20H23FN4O/c1-3-14(11-22)15-7-8-19(18(23)10-15)24-13(2)25-20(12-26)16-5-4-6-17(21)9-16/h3-11,20,22,24-26H,2,12,23H2,1H3/b14-3+,22-11?. The zero-order valence-corrected chi connectivity index (χ0v) is 14.6. The number of hydrogen-bond acceptors (Lipinski definition) is 5. The highest BCUT2D eigenvalue weighted by molar-refractivity contribution is 6.08. The lowest BCUT2D eigenvalue weighted by Gasteiger charge is -2.21. The average Bonchev–Trinajstić information content (AvgIpc) is 2.63. The first-order valence-electron chi connectivity index (χ1n) is 8.14. The van der Waals surface area contributed by atoms with Gasteiger partial charge in [0.05, 0.1) is 29.8 Å². The van der Waals surface area contributed by atoms with Crippen molar-refractivity contribution in [2.45, 2.75) is 13.0 Å². The number of allylic oxidation sites excluding steroid dienone is 2. The number of aliphatic hydroxyl groups is 1. The van der Waals surface area contributed by atoms with Gasteiger partial charge in [-0.15, -0.1) is 0 Å². The van der Waals surface area contributed by atoms with Crippen LogP contribution in [0.25, 0.3) is 5.57 Å². The van der Waals surface area contributed by atoms with E-state index in [9.17, 15) is 9.50 Å².